The first-order valence-electron chi connectivity index (χ1n) is 12.2. The van der Waals surface area contributed by atoms with Crippen molar-refractivity contribution in [3.8, 4) is 11.3 Å². The van der Waals surface area contributed by atoms with Gasteiger partial charge < -0.3 is 26.3 Å². The number of hydrogen-bond donors (Lipinski definition) is 3. The van der Waals surface area contributed by atoms with Gasteiger partial charge in [-0.2, -0.15) is 5.10 Å². The highest BCUT2D eigenvalue weighted by molar-refractivity contribution is 5.76. The van der Waals surface area contributed by atoms with Crippen molar-refractivity contribution >= 4 is 24.1 Å². The van der Waals surface area contributed by atoms with Crippen LogP contribution in [0, 0.1) is 36.7 Å². The van der Waals surface area contributed by atoms with Gasteiger partial charge in [-0.25, -0.2) is 27.9 Å². The molecule has 0 spiro atoms. The fourth-order valence-corrected chi connectivity index (χ4v) is 4.55. The van der Waals surface area contributed by atoms with E-state index in [9.17, 15) is 22.8 Å². The monoisotopic (exact) mass is 543 g/mol. The van der Waals surface area contributed by atoms with Crippen LogP contribution >= 0.6 is 0 Å². The molecule has 3 amide bonds. The van der Waals surface area contributed by atoms with Crippen molar-refractivity contribution in [1.29, 1.82) is 5.41 Å². The Kier molecular flexibility index (Phi) is 8.12. The van der Waals surface area contributed by atoms with Crippen molar-refractivity contribution in [2.24, 2.45) is 5.73 Å². The second kappa shape index (κ2) is 11.5. The minimum Gasteiger partial charge on any atom is -0.368 e. The molecule has 4 rings (SSSR count). The van der Waals surface area contributed by atoms with Gasteiger partial charge in [-0.15, -0.1) is 0 Å². The van der Waals surface area contributed by atoms with Gasteiger partial charge in [0.25, 0.3) is 0 Å². The molecule has 4 N–H and O–H groups in total. The van der Waals surface area contributed by atoms with Crippen LogP contribution in [0.1, 0.15) is 29.4 Å². The lowest BCUT2D eigenvalue weighted by Gasteiger charge is -2.35. The molecule has 11 nitrogen and oxygen atoms in total. The fourth-order valence-electron chi connectivity index (χ4n) is 4.55. The number of carbonyl (C=O) groups excluding carboxylic acids is 2. The Hall–Kier alpha value is -4.49. The van der Waals surface area contributed by atoms with E-state index in [1.165, 1.54) is 9.58 Å². The van der Waals surface area contributed by atoms with E-state index in [-0.39, 0.29) is 43.3 Å². The molecule has 1 atom stereocenters. The molecular weight excluding hydrogens is 515 g/mol. The maximum absolute atomic E-state index is 14.8. The number of aromatic nitrogens is 4. The number of benzene rings is 1. The SMILES string of the molecule is Cc1nn(CC(N)=O)c(C)c1-c1nc(N2CCN(C(=O)N[C@@H](CC=N)c3cc(F)cc(F)c3)CC2)ncc1F. The molecule has 1 aliphatic rings. The van der Waals surface area contributed by atoms with Gasteiger partial charge in [-0.1, -0.05) is 0 Å². The van der Waals surface area contributed by atoms with Gasteiger partial charge in [-0.05, 0) is 37.8 Å². The average molecular weight is 544 g/mol. The summed E-state index contributed by atoms with van der Waals surface area (Å²) >= 11 is 0. The predicted molar refractivity (Wildman–Crippen MR) is 137 cm³/mol. The summed E-state index contributed by atoms with van der Waals surface area (Å²) in [4.78, 5) is 36.2. The minimum atomic E-state index is -0.775. The number of rotatable bonds is 8. The molecule has 0 radical (unpaired) electrons. The molecule has 0 unspecified atom stereocenters. The number of anilines is 1. The van der Waals surface area contributed by atoms with E-state index in [1.54, 1.807) is 13.8 Å². The number of nitrogens with two attached hydrogens (primary N) is 1. The molecule has 3 heterocycles. The summed E-state index contributed by atoms with van der Waals surface area (Å²) in [5.74, 6) is -2.50. The van der Waals surface area contributed by atoms with Crippen molar-refractivity contribution in [2.75, 3.05) is 31.1 Å². The maximum atomic E-state index is 14.8. The van der Waals surface area contributed by atoms with E-state index < -0.39 is 35.4 Å². The Labute approximate surface area is 222 Å². The molecule has 2 aromatic heterocycles. The minimum absolute atomic E-state index is 0.0442. The summed E-state index contributed by atoms with van der Waals surface area (Å²) in [6.45, 7) is 4.49. The average Bonchev–Trinajstić information content (AvgIpc) is 3.15. The standard InChI is InChI=1S/C25H28F3N9O2/c1-14-22(15(2)37(34-14)13-21(30)38)23-19(28)12-31-24(33-23)35-5-7-36(8-6-35)25(39)32-20(3-4-29)16-9-17(26)11-18(27)10-16/h4,9-12,20,29H,3,5-8,13H2,1-2H3,(H2,30,38)(H,32,39)/t20-/m0/s1. The molecule has 3 aromatic rings. The van der Waals surface area contributed by atoms with Crippen LogP contribution in [0.4, 0.5) is 23.9 Å². The van der Waals surface area contributed by atoms with Crippen LogP contribution in [0.2, 0.25) is 0 Å². The van der Waals surface area contributed by atoms with Crippen molar-refractivity contribution in [3.05, 3.63) is 58.8 Å². The summed E-state index contributed by atoms with van der Waals surface area (Å²) in [5.41, 5.74) is 7.01. The lowest BCUT2D eigenvalue weighted by Crippen LogP contribution is -2.52. The fraction of sp³-hybridized carbons (Fsp3) is 0.360. The van der Waals surface area contributed by atoms with Crippen LogP contribution in [-0.4, -0.2) is 69.0 Å². The summed E-state index contributed by atoms with van der Waals surface area (Å²) in [5, 5.41) is 14.4. The van der Waals surface area contributed by atoms with Crippen LogP contribution in [-0.2, 0) is 11.3 Å². The van der Waals surface area contributed by atoms with Crippen LogP contribution in [0.5, 0.6) is 0 Å². The zero-order valence-electron chi connectivity index (χ0n) is 21.4. The zero-order valence-corrected chi connectivity index (χ0v) is 21.4. The van der Waals surface area contributed by atoms with Crippen molar-refractivity contribution in [2.45, 2.75) is 32.9 Å². The van der Waals surface area contributed by atoms with Crippen molar-refractivity contribution in [3.63, 3.8) is 0 Å². The molecule has 1 saturated heterocycles. The van der Waals surface area contributed by atoms with Crippen LogP contribution < -0.4 is 16.0 Å². The van der Waals surface area contributed by atoms with Gasteiger partial charge >= 0.3 is 6.03 Å². The molecule has 0 bridgehead atoms. The molecule has 14 heteroatoms. The van der Waals surface area contributed by atoms with Gasteiger partial charge in [0.1, 0.15) is 23.9 Å². The summed E-state index contributed by atoms with van der Waals surface area (Å²) < 4.78 is 43.6. The second-order valence-electron chi connectivity index (χ2n) is 9.16. The third-order valence-corrected chi connectivity index (χ3v) is 6.44. The molecular formula is C25H28F3N9O2. The third-order valence-electron chi connectivity index (χ3n) is 6.44. The van der Waals surface area contributed by atoms with Gasteiger partial charge in [0.05, 0.1) is 17.9 Å². The molecule has 0 saturated carbocycles. The van der Waals surface area contributed by atoms with Crippen molar-refractivity contribution in [1.82, 2.24) is 30.0 Å². The van der Waals surface area contributed by atoms with E-state index in [0.717, 1.165) is 30.6 Å². The second-order valence-corrected chi connectivity index (χ2v) is 9.16. The Morgan fingerprint density at radius 2 is 1.79 bits per heavy atom. The van der Waals surface area contributed by atoms with Crippen LogP contribution in [0.3, 0.4) is 0 Å². The molecule has 39 heavy (non-hydrogen) atoms. The Morgan fingerprint density at radius 3 is 2.41 bits per heavy atom. The first-order chi connectivity index (χ1) is 18.6. The predicted octanol–water partition coefficient (Wildman–Crippen LogP) is 2.47. The van der Waals surface area contributed by atoms with E-state index >= 15 is 0 Å². The van der Waals surface area contributed by atoms with E-state index in [2.05, 4.69) is 20.4 Å². The summed E-state index contributed by atoms with van der Waals surface area (Å²) in [6.07, 6.45) is 2.20. The number of halogens is 3. The van der Waals surface area contributed by atoms with E-state index in [4.69, 9.17) is 11.1 Å². The van der Waals surface area contributed by atoms with E-state index in [1.807, 2.05) is 4.90 Å². The summed E-state index contributed by atoms with van der Waals surface area (Å²) in [7, 11) is 0. The number of primary amides is 1. The lowest BCUT2D eigenvalue weighted by molar-refractivity contribution is -0.118. The van der Waals surface area contributed by atoms with Crippen molar-refractivity contribution < 1.29 is 22.8 Å². The van der Waals surface area contributed by atoms with E-state index in [0.29, 0.717) is 30.0 Å². The Bertz CT molecular complexity index is 1380. The molecule has 1 aromatic carbocycles. The number of urea groups is 1. The zero-order chi connectivity index (χ0) is 28.3. The highest BCUT2D eigenvalue weighted by Crippen LogP contribution is 2.29. The number of nitrogens with one attached hydrogen (secondary N) is 2. The largest absolute Gasteiger partial charge is 0.368 e. The lowest BCUT2D eigenvalue weighted by atomic mass is 10.0. The first-order valence-corrected chi connectivity index (χ1v) is 12.2. The topological polar surface area (TPSA) is 146 Å². The first kappa shape index (κ1) is 27.5. The smallest absolute Gasteiger partial charge is 0.318 e. The normalized spacial score (nSPS) is 14.3. The number of hydrogen-bond acceptors (Lipinski definition) is 7. The highest BCUT2D eigenvalue weighted by atomic mass is 19.1. The number of amides is 3. The number of aryl methyl sites for hydroxylation is 1. The quantitative estimate of drug-likeness (QED) is 0.372. The van der Waals surface area contributed by atoms with Crippen LogP contribution in [0.25, 0.3) is 11.3 Å². The molecule has 1 fully saturated rings. The number of carbonyl (C=O) groups is 2. The van der Waals surface area contributed by atoms with Gasteiger partial charge in [0.15, 0.2) is 5.82 Å². The molecule has 1 aliphatic heterocycles. The third kappa shape index (κ3) is 6.16. The highest BCUT2D eigenvalue weighted by Gasteiger charge is 2.27. The van der Waals surface area contributed by atoms with Crippen LogP contribution in [0.15, 0.2) is 24.4 Å². The van der Waals surface area contributed by atoms with Gasteiger partial charge in [-0.3, -0.25) is 9.48 Å². The summed E-state index contributed by atoms with van der Waals surface area (Å²) in [6, 6.07) is 1.77. The van der Waals surface area contributed by atoms with Gasteiger partial charge in [0.2, 0.25) is 11.9 Å². The Balaban J connectivity index is 1.46. The number of nitrogens with zero attached hydrogens (tertiary/aromatic N) is 6. The molecule has 0 aliphatic carbocycles. The molecule has 206 valence electrons. The maximum Gasteiger partial charge on any atom is 0.318 e. The van der Waals surface area contributed by atoms with Gasteiger partial charge in [0, 0.05) is 49.9 Å². The Morgan fingerprint density at radius 1 is 1.13 bits per heavy atom. The number of piperazine rings is 1.